The van der Waals surface area contributed by atoms with Crippen LogP contribution in [0, 0.1) is 0 Å². The summed E-state index contributed by atoms with van der Waals surface area (Å²) < 4.78 is 29.5. The third kappa shape index (κ3) is 2.70. The van der Waals surface area contributed by atoms with Crippen molar-refractivity contribution in [2.45, 2.75) is 43.3 Å². The van der Waals surface area contributed by atoms with Gasteiger partial charge in [0.15, 0.2) is 0 Å². The number of sulfonamides is 1. The quantitative estimate of drug-likeness (QED) is 0.828. The average molecular weight is 274 g/mol. The van der Waals surface area contributed by atoms with E-state index < -0.39 is 10.0 Å². The second-order valence-electron chi connectivity index (χ2n) is 4.51. The minimum Gasteiger partial charge on any atom is -0.383 e. The SMILES string of the molecule is COCCn1c(C2CCCC2)nnc1S(N)(=O)=O. The topological polar surface area (TPSA) is 100 Å². The molecule has 0 aromatic carbocycles. The lowest BCUT2D eigenvalue weighted by atomic mass is 10.1. The molecular formula is C10H18N4O3S. The number of aromatic nitrogens is 3. The van der Waals surface area contributed by atoms with Gasteiger partial charge < -0.3 is 4.74 Å². The Morgan fingerprint density at radius 1 is 1.39 bits per heavy atom. The fourth-order valence-corrected chi connectivity index (χ4v) is 3.04. The molecular weight excluding hydrogens is 256 g/mol. The molecule has 2 N–H and O–H groups in total. The standard InChI is InChI=1S/C10H18N4O3S/c1-17-7-6-14-9(8-4-2-3-5-8)12-13-10(14)18(11,15)16/h8H,2-7H2,1H3,(H2,11,15,16). The van der Waals surface area contributed by atoms with E-state index in [0.29, 0.717) is 19.0 Å². The fraction of sp³-hybridized carbons (Fsp3) is 0.800. The number of ether oxygens (including phenoxy) is 1. The van der Waals surface area contributed by atoms with Crippen LogP contribution in [0.4, 0.5) is 0 Å². The highest BCUT2D eigenvalue weighted by Gasteiger charge is 2.27. The molecule has 0 saturated heterocycles. The van der Waals surface area contributed by atoms with E-state index in [4.69, 9.17) is 9.88 Å². The Bertz CT molecular complexity index is 505. The summed E-state index contributed by atoms with van der Waals surface area (Å²) in [5.74, 6) is 0.999. The van der Waals surface area contributed by atoms with Crippen molar-refractivity contribution in [1.29, 1.82) is 0 Å². The summed E-state index contributed by atoms with van der Waals surface area (Å²) in [6.07, 6.45) is 4.34. The molecule has 18 heavy (non-hydrogen) atoms. The first-order valence-electron chi connectivity index (χ1n) is 5.99. The minimum atomic E-state index is -3.84. The van der Waals surface area contributed by atoms with Crippen molar-refractivity contribution in [2.24, 2.45) is 5.14 Å². The Morgan fingerprint density at radius 3 is 2.61 bits per heavy atom. The van der Waals surface area contributed by atoms with Crippen LogP contribution in [0.15, 0.2) is 5.16 Å². The lowest BCUT2D eigenvalue weighted by Crippen LogP contribution is -2.21. The van der Waals surface area contributed by atoms with Gasteiger partial charge in [0.25, 0.3) is 15.2 Å². The van der Waals surface area contributed by atoms with Crippen molar-refractivity contribution in [3.8, 4) is 0 Å². The first-order valence-corrected chi connectivity index (χ1v) is 7.53. The third-order valence-electron chi connectivity index (χ3n) is 3.24. The normalized spacial score (nSPS) is 17.4. The molecule has 0 bridgehead atoms. The second-order valence-corrected chi connectivity index (χ2v) is 5.97. The molecule has 2 rings (SSSR count). The van der Waals surface area contributed by atoms with Gasteiger partial charge in [-0.1, -0.05) is 12.8 Å². The molecule has 1 aliphatic rings. The van der Waals surface area contributed by atoms with E-state index in [2.05, 4.69) is 10.2 Å². The molecule has 102 valence electrons. The number of hydrogen-bond acceptors (Lipinski definition) is 5. The zero-order valence-electron chi connectivity index (χ0n) is 10.4. The number of rotatable bonds is 5. The van der Waals surface area contributed by atoms with Crippen molar-refractivity contribution in [3.05, 3.63) is 5.82 Å². The first kappa shape index (κ1) is 13.4. The molecule has 1 saturated carbocycles. The molecule has 0 radical (unpaired) electrons. The van der Waals surface area contributed by atoms with E-state index in [-0.39, 0.29) is 11.1 Å². The average Bonchev–Trinajstić information content (AvgIpc) is 2.93. The van der Waals surface area contributed by atoms with Gasteiger partial charge in [0.1, 0.15) is 5.82 Å². The highest BCUT2D eigenvalue weighted by atomic mass is 32.2. The maximum Gasteiger partial charge on any atom is 0.273 e. The Hall–Kier alpha value is -0.990. The summed E-state index contributed by atoms with van der Waals surface area (Å²) in [7, 11) is -2.27. The van der Waals surface area contributed by atoms with Crippen LogP contribution >= 0.6 is 0 Å². The summed E-state index contributed by atoms with van der Waals surface area (Å²) in [4.78, 5) is 0. The first-order chi connectivity index (χ1) is 8.54. The third-order valence-corrected chi connectivity index (χ3v) is 4.05. The van der Waals surface area contributed by atoms with Gasteiger partial charge in [-0.3, -0.25) is 4.57 Å². The molecule has 8 heteroatoms. The van der Waals surface area contributed by atoms with Gasteiger partial charge in [0.2, 0.25) is 0 Å². The van der Waals surface area contributed by atoms with Crippen LogP contribution in [0.3, 0.4) is 0 Å². The van der Waals surface area contributed by atoms with Gasteiger partial charge in [-0.15, -0.1) is 10.2 Å². The monoisotopic (exact) mass is 274 g/mol. The summed E-state index contributed by atoms with van der Waals surface area (Å²) in [5, 5.41) is 12.7. The summed E-state index contributed by atoms with van der Waals surface area (Å²) >= 11 is 0. The maximum atomic E-state index is 11.5. The van der Waals surface area contributed by atoms with Crippen molar-refractivity contribution in [2.75, 3.05) is 13.7 Å². The van der Waals surface area contributed by atoms with Crippen molar-refractivity contribution in [3.63, 3.8) is 0 Å². The van der Waals surface area contributed by atoms with Gasteiger partial charge in [-0.25, -0.2) is 13.6 Å². The van der Waals surface area contributed by atoms with Gasteiger partial charge in [0, 0.05) is 19.6 Å². The van der Waals surface area contributed by atoms with E-state index in [1.807, 2.05) is 0 Å². The van der Waals surface area contributed by atoms with Crippen molar-refractivity contribution in [1.82, 2.24) is 14.8 Å². The Kier molecular flexibility index (Phi) is 3.98. The fourth-order valence-electron chi connectivity index (χ4n) is 2.39. The van der Waals surface area contributed by atoms with Crippen LogP contribution in [-0.4, -0.2) is 36.9 Å². The molecule has 0 unspecified atom stereocenters. The van der Waals surface area contributed by atoms with Gasteiger partial charge >= 0.3 is 0 Å². The zero-order valence-corrected chi connectivity index (χ0v) is 11.2. The van der Waals surface area contributed by atoms with Crippen LogP contribution in [0.2, 0.25) is 0 Å². The van der Waals surface area contributed by atoms with E-state index in [9.17, 15) is 8.42 Å². The van der Waals surface area contributed by atoms with Crippen LogP contribution < -0.4 is 5.14 Å². The molecule has 1 heterocycles. The highest BCUT2D eigenvalue weighted by Crippen LogP contribution is 2.33. The highest BCUT2D eigenvalue weighted by molar-refractivity contribution is 7.89. The predicted octanol–water partition coefficient (Wildman–Crippen LogP) is 0.230. The molecule has 0 atom stereocenters. The minimum absolute atomic E-state index is 0.165. The number of nitrogens with zero attached hydrogens (tertiary/aromatic N) is 3. The molecule has 0 spiro atoms. The number of hydrogen-bond donors (Lipinski definition) is 1. The van der Waals surface area contributed by atoms with Crippen molar-refractivity contribution >= 4 is 10.0 Å². The van der Waals surface area contributed by atoms with Crippen LogP contribution in [0.5, 0.6) is 0 Å². The van der Waals surface area contributed by atoms with Gasteiger partial charge in [0.05, 0.1) is 6.61 Å². The molecule has 0 aliphatic heterocycles. The van der Waals surface area contributed by atoms with E-state index in [0.717, 1.165) is 25.7 Å². The molecule has 1 aliphatic carbocycles. The van der Waals surface area contributed by atoms with Crippen molar-refractivity contribution < 1.29 is 13.2 Å². The summed E-state index contributed by atoms with van der Waals surface area (Å²) in [6.45, 7) is 0.807. The molecule has 0 amide bonds. The molecule has 7 nitrogen and oxygen atoms in total. The van der Waals surface area contributed by atoms with Crippen LogP contribution in [-0.2, 0) is 21.3 Å². The molecule has 1 fully saturated rings. The predicted molar refractivity (Wildman–Crippen MR) is 64.5 cm³/mol. The number of nitrogens with two attached hydrogens (primary N) is 1. The van der Waals surface area contributed by atoms with E-state index in [1.165, 1.54) is 0 Å². The Labute approximate surface area is 106 Å². The van der Waals surface area contributed by atoms with E-state index >= 15 is 0 Å². The summed E-state index contributed by atoms with van der Waals surface area (Å²) in [5.41, 5.74) is 0. The maximum absolute atomic E-state index is 11.5. The van der Waals surface area contributed by atoms with Gasteiger partial charge in [-0.05, 0) is 12.8 Å². The lowest BCUT2D eigenvalue weighted by Gasteiger charge is -2.12. The number of primary sulfonamides is 1. The smallest absolute Gasteiger partial charge is 0.273 e. The molecule has 1 aromatic rings. The second kappa shape index (κ2) is 5.33. The largest absolute Gasteiger partial charge is 0.383 e. The van der Waals surface area contributed by atoms with E-state index in [1.54, 1.807) is 11.7 Å². The lowest BCUT2D eigenvalue weighted by molar-refractivity contribution is 0.183. The van der Waals surface area contributed by atoms with Crippen LogP contribution in [0.25, 0.3) is 0 Å². The number of methoxy groups -OCH3 is 1. The van der Waals surface area contributed by atoms with Gasteiger partial charge in [-0.2, -0.15) is 0 Å². The summed E-state index contributed by atoms with van der Waals surface area (Å²) in [6, 6.07) is 0. The molecule has 1 aromatic heterocycles. The zero-order chi connectivity index (χ0) is 13.2. The Balaban J connectivity index is 2.36. The Morgan fingerprint density at radius 2 is 2.06 bits per heavy atom. The van der Waals surface area contributed by atoms with Crippen LogP contribution in [0.1, 0.15) is 37.4 Å².